The van der Waals surface area contributed by atoms with Gasteiger partial charge < -0.3 is 9.73 Å². The summed E-state index contributed by atoms with van der Waals surface area (Å²) in [6.07, 6.45) is 1.58. The van der Waals surface area contributed by atoms with Gasteiger partial charge in [-0.25, -0.2) is 4.39 Å². The highest BCUT2D eigenvalue weighted by molar-refractivity contribution is 5.57. The average molecular weight is 205 g/mol. The van der Waals surface area contributed by atoms with Crippen molar-refractivity contribution in [2.75, 3.05) is 7.05 Å². The van der Waals surface area contributed by atoms with Crippen LogP contribution in [0.4, 0.5) is 4.39 Å². The SMILES string of the molecule is CNCc1ccc(-c2ccco2)cc1F. The van der Waals surface area contributed by atoms with Crippen LogP contribution in [0.5, 0.6) is 0 Å². The zero-order chi connectivity index (χ0) is 10.7. The third kappa shape index (κ3) is 2.07. The number of nitrogens with one attached hydrogen (secondary N) is 1. The van der Waals surface area contributed by atoms with Crippen LogP contribution in [0.3, 0.4) is 0 Å². The molecule has 1 heterocycles. The Morgan fingerprint density at radius 3 is 2.80 bits per heavy atom. The van der Waals surface area contributed by atoms with E-state index in [4.69, 9.17) is 4.42 Å². The zero-order valence-electron chi connectivity index (χ0n) is 8.46. The molecule has 0 atom stereocenters. The minimum Gasteiger partial charge on any atom is -0.464 e. The van der Waals surface area contributed by atoms with Gasteiger partial charge in [0.2, 0.25) is 0 Å². The highest BCUT2D eigenvalue weighted by Crippen LogP contribution is 2.22. The van der Waals surface area contributed by atoms with Gasteiger partial charge in [0, 0.05) is 17.7 Å². The Hall–Kier alpha value is -1.61. The van der Waals surface area contributed by atoms with E-state index in [1.165, 1.54) is 6.07 Å². The zero-order valence-corrected chi connectivity index (χ0v) is 8.46. The number of rotatable bonds is 3. The van der Waals surface area contributed by atoms with Gasteiger partial charge in [-0.15, -0.1) is 0 Å². The van der Waals surface area contributed by atoms with Crippen molar-refractivity contribution in [1.29, 1.82) is 0 Å². The predicted octanol–water partition coefficient (Wildman–Crippen LogP) is 2.81. The highest BCUT2D eigenvalue weighted by Gasteiger charge is 2.05. The van der Waals surface area contributed by atoms with E-state index in [9.17, 15) is 4.39 Å². The fourth-order valence-corrected chi connectivity index (χ4v) is 1.48. The van der Waals surface area contributed by atoms with Gasteiger partial charge in [0.05, 0.1) is 6.26 Å². The van der Waals surface area contributed by atoms with Gasteiger partial charge in [0.1, 0.15) is 11.6 Å². The molecule has 0 saturated heterocycles. The van der Waals surface area contributed by atoms with E-state index in [2.05, 4.69) is 5.32 Å². The smallest absolute Gasteiger partial charge is 0.133 e. The van der Waals surface area contributed by atoms with Crippen LogP contribution >= 0.6 is 0 Å². The minimum absolute atomic E-state index is 0.210. The Bertz CT molecular complexity index is 437. The van der Waals surface area contributed by atoms with Crippen molar-refractivity contribution in [2.45, 2.75) is 6.54 Å². The van der Waals surface area contributed by atoms with E-state index < -0.39 is 0 Å². The molecule has 0 saturated carbocycles. The average Bonchev–Trinajstić information content (AvgIpc) is 2.74. The third-order valence-corrected chi connectivity index (χ3v) is 2.23. The van der Waals surface area contributed by atoms with E-state index in [1.807, 2.05) is 12.1 Å². The number of hydrogen-bond donors (Lipinski definition) is 1. The van der Waals surface area contributed by atoms with Gasteiger partial charge in [-0.2, -0.15) is 0 Å². The van der Waals surface area contributed by atoms with Gasteiger partial charge >= 0.3 is 0 Å². The fourth-order valence-electron chi connectivity index (χ4n) is 1.48. The number of furan rings is 1. The molecule has 2 nitrogen and oxygen atoms in total. The largest absolute Gasteiger partial charge is 0.464 e. The van der Waals surface area contributed by atoms with E-state index in [1.54, 1.807) is 25.4 Å². The minimum atomic E-state index is -0.210. The summed E-state index contributed by atoms with van der Waals surface area (Å²) in [6.45, 7) is 0.532. The van der Waals surface area contributed by atoms with Gasteiger partial charge in [-0.05, 0) is 25.2 Å². The molecule has 0 spiro atoms. The molecular weight excluding hydrogens is 193 g/mol. The molecule has 1 aromatic heterocycles. The molecule has 0 fully saturated rings. The van der Waals surface area contributed by atoms with Gasteiger partial charge in [-0.1, -0.05) is 12.1 Å². The first-order valence-corrected chi connectivity index (χ1v) is 4.78. The van der Waals surface area contributed by atoms with Crippen molar-refractivity contribution >= 4 is 0 Å². The first kappa shape index (κ1) is 9.93. The molecule has 0 aliphatic heterocycles. The second kappa shape index (κ2) is 4.28. The Morgan fingerprint density at radius 1 is 1.33 bits per heavy atom. The van der Waals surface area contributed by atoms with E-state index in [0.29, 0.717) is 17.9 Å². The summed E-state index contributed by atoms with van der Waals surface area (Å²) in [4.78, 5) is 0. The molecule has 1 aromatic carbocycles. The standard InChI is InChI=1S/C12H12FNO/c1-14-8-10-5-4-9(7-11(10)13)12-3-2-6-15-12/h2-7,14H,8H2,1H3. The van der Waals surface area contributed by atoms with E-state index in [0.717, 1.165) is 5.56 Å². The molecular formula is C12H12FNO. The number of hydrogen-bond acceptors (Lipinski definition) is 2. The summed E-state index contributed by atoms with van der Waals surface area (Å²) in [7, 11) is 1.79. The Labute approximate surface area is 87.7 Å². The number of benzene rings is 1. The van der Waals surface area contributed by atoms with Crippen LogP contribution in [-0.2, 0) is 6.54 Å². The van der Waals surface area contributed by atoms with Crippen LogP contribution < -0.4 is 5.32 Å². The van der Waals surface area contributed by atoms with Gasteiger partial charge in [-0.3, -0.25) is 0 Å². The van der Waals surface area contributed by atoms with Crippen molar-refractivity contribution in [3.8, 4) is 11.3 Å². The molecule has 0 bridgehead atoms. The molecule has 0 aliphatic carbocycles. The van der Waals surface area contributed by atoms with Crippen molar-refractivity contribution in [1.82, 2.24) is 5.32 Å². The first-order valence-electron chi connectivity index (χ1n) is 4.78. The van der Waals surface area contributed by atoms with Crippen molar-refractivity contribution < 1.29 is 8.81 Å². The molecule has 0 amide bonds. The normalized spacial score (nSPS) is 10.5. The first-order chi connectivity index (χ1) is 7.31. The van der Waals surface area contributed by atoms with Crippen molar-refractivity contribution in [3.05, 3.63) is 48.0 Å². The molecule has 2 rings (SSSR count). The predicted molar refractivity (Wildman–Crippen MR) is 56.9 cm³/mol. The summed E-state index contributed by atoms with van der Waals surface area (Å²) < 4.78 is 18.7. The molecule has 0 radical (unpaired) electrons. The molecule has 1 N–H and O–H groups in total. The van der Waals surface area contributed by atoms with Crippen LogP contribution in [0.2, 0.25) is 0 Å². The van der Waals surface area contributed by atoms with Crippen LogP contribution in [0, 0.1) is 5.82 Å². The summed E-state index contributed by atoms with van der Waals surface area (Å²) in [5.74, 6) is 0.475. The summed E-state index contributed by atoms with van der Waals surface area (Å²) in [5.41, 5.74) is 1.42. The fraction of sp³-hybridized carbons (Fsp3) is 0.167. The topological polar surface area (TPSA) is 25.2 Å². The van der Waals surface area contributed by atoms with Crippen molar-refractivity contribution in [3.63, 3.8) is 0 Å². The summed E-state index contributed by atoms with van der Waals surface area (Å²) >= 11 is 0. The summed E-state index contributed by atoms with van der Waals surface area (Å²) in [5, 5.41) is 2.92. The lowest BCUT2D eigenvalue weighted by atomic mass is 10.1. The van der Waals surface area contributed by atoms with Gasteiger partial charge in [0.25, 0.3) is 0 Å². The molecule has 0 aliphatic rings. The van der Waals surface area contributed by atoms with E-state index in [-0.39, 0.29) is 5.82 Å². The second-order valence-corrected chi connectivity index (χ2v) is 3.31. The lowest BCUT2D eigenvalue weighted by Gasteiger charge is -2.03. The van der Waals surface area contributed by atoms with Crippen LogP contribution in [0.25, 0.3) is 11.3 Å². The van der Waals surface area contributed by atoms with Gasteiger partial charge in [0.15, 0.2) is 0 Å². The molecule has 78 valence electrons. The van der Waals surface area contributed by atoms with Crippen molar-refractivity contribution in [2.24, 2.45) is 0 Å². The monoisotopic (exact) mass is 205 g/mol. The maximum atomic E-state index is 13.5. The molecule has 3 heteroatoms. The maximum Gasteiger partial charge on any atom is 0.133 e. The third-order valence-electron chi connectivity index (χ3n) is 2.23. The Morgan fingerprint density at radius 2 is 2.20 bits per heavy atom. The second-order valence-electron chi connectivity index (χ2n) is 3.31. The Balaban J connectivity index is 2.33. The summed E-state index contributed by atoms with van der Waals surface area (Å²) in [6, 6.07) is 8.71. The highest BCUT2D eigenvalue weighted by atomic mass is 19.1. The maximum absolute atomic E-state index is 13.5. The molecule has 0 unspecified atom stereocenters. The van der Waals surface area contributed by atoms with Crippen LogP contribution in [-0.4, -0.2) is 7.05 Å². The molecule has 2 aromatic rings. The quantitative estimate of drug-likeness (QED) is 0.833. The van der Waals surface area contributed by atoms with Crippen LogP contribution in [0.1, 0.15) is 5.56 Å². The lowest BCUT2D eigenvalue weighted by molar-refractivity contribution is 0.577. The lowest BCUT2D eigenvalue weighted by Crippen LogP contribution is -2.06. The van der Waals surface area contributed by atoms with Crippen LogP contribution in [0.15, 0.2) is 41.0 Å². The Kier molecular flexibility index (Phi) is 2.83. The van der Waals surface area contributed by atoms with E-state index >= 15 is 0 Å². The molecule has 15 heavy (non-hydrogen) atoms. The number of halogens is 1.